The van der Waals surface area contributed by atoms with Gasteiger partial charge in [0, 0.05) is 23.6 Å². The Balaban J connectivity index is 1.92. The van der Waals surface area contributed by atoms with Crippen LogP contribution in [0.15, 0.2) is 71.6 Å². The Bertz CT molecular complexity index is 1390. The van der Waals surface area contributed by atoms with E-state index in [9.17, 15) is 28.1 Å². The lowest BCUT2D eigenvalue weighted by Crippen LogP contribution is -2.26. The zero-order valence-corrected chi connectivity index (χ0v) is 20.0. The van der Waals surface area contributed by atoms with E-state index in [0.29, 0.717) is 17.0 Å². The number of benzene rings is 3. The number of ether oxygens (including phenoxy) is 2. The second kappa shape index (κ2) is 10.5. The molecule has 3 aromatic rings. The van der Waals surface area contributed by atoms with Crippen molar-refractivity contribution in [3.63, 3.8) is 0 Å². The molecule has 182 valence electrons. The summed E-state index contributed by atoms with van der Waals surface area (Å²) in [6, 6.07) is 15.5. The third-order valence-corrected chi connectivity index (χ3v) is 6.22. The van der Waals surface area contributed by atoms with Crippen LogP contribution in [-0.4, -0.2) is 38.6 Å². The van der Waals surface area contributed by atoms with Gasteiger partial charge in [-0.05, 0) is 30.3 Å². The van der Waals surface area contributed by atoms with Crippen molar-refractivity contribution in [3.8, 4) is 5.75 Å². The molecule has 0 radical (unpaired) electrons. The van der Waals surface area contributed by atoms with E-state index in [-0.39, 0.29) is 10.6 Å². The molecule has 0 fully saturated rings. The van der Waals surface area contributed by atoms with Crippen molar-refractivity contribution in [1.82, 2.24) is 0 Å². The fraction of sp³-hybridized carbons (Fsp3) is 0.130. The normalized spacial score (nSPS) is 11.9. The maximum Gasteiger partial charge on any atom is 0.339 e. The molecule has 35 heavy (non-hydrogen) atoms. The quantitative estimate of drug-likeness (QED) is 0.265. The van der Waals surface area contributed by atoms with Gasteiger partial charge in [0.25, 0.3) is 11.6 Å². The van der Waals surface area contributed by atoms with Gasteiger partial charge >= 0.3 is 5.97 Å². The summed E-state index contributed by atoms with van der Waals surface area (Å²) in [6.07, 6.45) is -0.618. The summed E-state index contributed by atoms with van der Waals surface area (Å²) < 4.78 is 34.2. The number of nitro benzene ring substituents is 1. The number of hydrogen-bond acceptors (Lipinski definition) is 8. The Hall–Kier alpha value is -3.96. The number of carbonyl (C=O) groups excluding carboxylic acids is 2. The van der Waals surface area contributed by atoms with Crippen LogP contribution in [0.5, 0.6) is 5.75 Å². The van der Waals surface area contributed by atoms with E-state index < -0.39 is 43.3 Å². The zero-order valence-electron chi connectivity index (χ0n) is 18.4. The van der Waals surface area contributed by atoms with Crippen molar-refractivity contribution >= 4 is 44.7 Å². The molecule has 3 aromatic carbocycles. The van der Waals surface area contributed by atoms with E-state index >= 15 is 0 Å². The van der Waals surface area contributed by atoms with Crippen LogP contribution < -0.4 is 10.1 Å². The molecule has 0 bridgehead atoms. The van der Waals surface area contributed by atoms with Crippen LogP contribution in [0, 0.1) is 10.1 Å². The first-order valence-electron chi connectivity index (χ1n) is 9.90. The highest BCUT2D eigenvalue weighted by molar-refractivity contribution is 7.90. The SMILES string of the molecule is COc1ccc(NC(=O)[C@H](OC(=O)c2ccc(S(C)(=O)=O)c([N+](=O)[O-])c2)c2ccccc2)cc1Cl. The molecule has 0 saturated carbocycles. The number of rotatable bonds is 8. The van der Waals surface area contributed by atoms with Crippen LogP contribution >= 0.6 is 11.6 Å². The lowest BCUT2D eigenvalue weighted by Gasteiger charge is -2.18. The molecule has 12 heteroatoms. The van der Waals surface area contributed by atoms with Gasteiger partial charge in [-0.2, -0.15) is 0 Å². The number of methoxy groups -OCH3 is 1. The smallest absolute Gasteiger partial charge is 0.339 e. The highest BCUT2D eigenvalue weighted by Crippen LogP contribution is 2.30. The molecule has 0 heterocycles. The molecule has 3 rings (SSSR count). The molecular weight excluding hydrogens is 500 g/mol. The van der Waals surface area contributed by atoms with Crippen LogP contribution in [-0.2, 0) is 19.4 Å². The minimum Gasteiger partial charge on any atom is -0.495 e. The van der Waals surface area contributed by atoms with Gasteiger partial charge in [0.2, 0.25) is 6.10 Å². The van der Waals surface area contributed by atoms with Gasteiger partial charge in [0.15, 0.2) is 9.84 Å². The summed E-state index contributed by atoms with van der Waals surface area (Å²) in [4.78, 5) is 35.8. The molecule has 0 aliphatic carbocycles. The van der Waals surface area contributed by atoms with E-state index in [0.717, 1.165) is 24.5 Å². The molecule has 0 aromatic heterocycles. The summed E-state index contributed by atoms with van der Waals surface area (Å²) in [5.41, 5.74) is -0.438. The first-order valence-corrected chi connectivity index (χ1v) is 12.2. The second-order valence-corrected chi connectivity index (χ2v) is 9.64. The Labute approximate surface area is 205 Å². The van der Waals surface area contributed by atoms with E-state index in [1.807, 2.05) is 0 Å². The van der Waals surface area contributed by atoms with Crippen molar-refractivity contribution in [1.29, 1.82) is 0 Å². The number of nitrogens with zero attached hydrogens (tertiary/aromatic N) is 1. The Morgan fingerprint density at radius 2 is 1.74 bits per heavy atom. The topological polar surface area (TPSA) is 142 Å². The van der Waals surface area contributed by atoms with Gasteiger partial charge in [-0.25, -0.2) is 13.2 Å². The fourth-order valence-electron chi connectivity index (χ4n) is 3.13. The van der Waals surface area contributed by atoms with E-state index in [2.05, 4.69) is 5.32 Å². The molecule has 0 spiro atoms. The highest BCUT2D eigenvalue weighted by Gasteiger charge is 2.29. The summed E-state index contributed by atoms with van der Waals surface area (Å²) in [5.74, 6) is -1.38. The van der Waals surface area contributed by atoms with Crippen LogP contribution in [0.3, 0.4) is 0 Å². The number of amides is 1. The fourth-order valence-corrected chi connectivity index (χ4v) is 4.21. The standard InChI is InChI=1S/C23H19ClN2O8S/c1-33-19-10-9-16(13-17(19)24)25-22(27)21(14-6-4-3-5-7-14)34-23(28)15-8-11-20(35(2,31)32)18(12-15)26(29)30/h3-13,21H,1-2H3,(H,25,27)/t21-/m1/s1. The first kappa shape index (κ1) is 25.7. The third kappa shape index (κ3) is 6.14. The van der Waals surface area contributed by atoms with Crippen LogP contribution in [0.1, 0.15) is 22.0 Å². The summed E-state index contributed by atoms with van der Waals surface area (Å²) in [5, 5.41) is 14.2. The molecule has 1 N–H and O–H groups in total. The minimum absolute atomic E-state index is 0.247. The largest absolute Gasteiger partial charge is 0.495 e. The lowest BCUT2D eigenvalue weighted by molar-refractivity contribution is -0.387. The number of esters is 1. The average molecular weight is 519 g/mol. The summed E-state index contributed by atoms with van der Waals surface area (Å²) in [6.45, 7) is 0. The van der Waals surface area contributed by atoms with E-state index in [4.69, 9.17) is 21.1 Å². The number of hydrogen-bond donors (Lipinski definition) is 1. The molecule has 1 atom stereocenters. The maximum absolute atomic E-state index is 13.1. The Morgan fingerprint density at radius 1 is 1.06 bits per heavy atom. The van der Waals surface area contributed by atoms with Crippen molar-refractivity contribution < 1.29 is 32.4 Å². The van der Waals surface area contributed by atoms with Crippen molar-refractivity contribution in [2.75, 3.05) is 18.7 Å². The number of nitro groups is 1. The second-order valence-electron chi connectivity index (χ2n) is 7.25. The lowest BCUT2D eigenvalue weighted by atomic mass is 10.1. The van der Waals surface area contributed by atoms with Crippen molar-refractivity contribution in [3.05, 3.63) is 93.0 Å². The van der Waals surface area contributed by atoms with Crippen molar-refractivity contribution in [2.24, 2.45) is 0 Å². The van der Waals surface area contributed by atoms with Crippen LogP contribution in [0.25, 0.3) is 0 Å². The van der Waals surface area contributed by atoms with Crippen LogP contribution in [0.2, 0.25) is 5.02 Å². The minimum atomic E-state index is -3.92. The van der Waals surface area contributed by atoms with Crippen LogP contribution in [0.4, 0.5) is 11.4 Å². The zero-order chi connectivity index (χ0) is 25.8. The number of sulfone groups is 1. The highest BCUT2D eigenvalue weighted by atomic mass is 35.5. The van der Waals surface area contributed by atoms with Gasteiger partial charge < -0.3 is 14.8 Å². The van der Waals surface area contributed by atoms with Gasteiger partial charge in [0.05, 0.1) is 22.6 Å². The molecule has 0 unspecified atom stereocenters. The first-order chi connectivity index (χ1) is 16.5. The van der Waals surface area contributed by atoms with Gasteiger partial charge in [-0.15, -0.1) is 0 Å². The van der Waals surface area contributed by atoms with Gasteiger partial charge in [-0.3, -0.25) is 14.9 Å². The monoisotopic (exact) mass is 518 g/mol. The molecule has 0 aliphatic rings. The predicted octanol–water partition coefficient (Wildman–Crippen LogP) is 4.20. The van der Waals surface area contributed by atoms with E-state index in [1.165, 1.54) is 13.2 Å². The molecule has 0 saturated heterocycles. The molecule has 10 nitrogen and oxygen atoms in total. The third-order valence-electron chi connectivity index (χ3n) is 4.78. The predicted molar refractivity (Wildman–Crippen MR) is 127 cm³/mol. The van der Waals surface area contributed by atoms with E-state index in [1.54, 1.807) is 42.5 Å². The molecule has 1 amide bonds. The Morgan fingerprint density at radius 3 is 2.31 bits per heavy atom. The number of halogens is 1. The maximum atomic E-state index is 13.1. The number of anilines is 1. The van der Waals surface area contributed by atoms with Gasteiger partial charge in [0.1, 0.15) is 10.6 Å². The molecular formula is C23H19ClN2O8S. The van der Waals surface area contributed by atoms with Gasteiger partial charge in [-0.1, -0.05) is 41.9 Å². The number of carbonyl (C=O) groups is 2. The summed E-state index contributed by atoms with van der Waals surface area (Å²) in [7, 11) is -2.48. The average Bonchev–Trinajstić information content (AvgIpc) is 2.82. The Kier molecular flexibility index (Phi) is 7.72. The van der Waals surface area contributed by atoms with Crippen molar-refractivity contribution in [2.45, 2.75) is 11.0 Å². The molecule has 0 aliphatic heterocycles. The summed E-state index contributed by atoms with van der Waals surface area (Å²) >= 11 is 6.10. The number of nitrogens with one attached hydrogen (secondary N) is 1.